The molecule has 0 radical (unpaired) electrons. The molecule has 25 heavy (non-hydrogen) atoms. The van der Waals surface area contributed by atoms with E-state index < -0.39 is 35.3 Å². The van der Waals surface area contributed by atoms with Gasteiger partial charge in [-0.25, -0.2) is 4.39 Å². The first-order valence-corrected chi connectivity index (χ1v) is 7.67. The number of anilines is 1. The van der Waals surface area contributed by atoms with Crippen LogP contribution >= 0.6 is 0 Å². The van der Waals surface area contributed by atoms with Crippen molar-refractivity contribution >= 4 is 29.3 Å². The Morgan fingerprint density at radius 3 is 2.64 bits per heavy atom. The van der Waals surface area contributed by atoms with Crippen LogP contribution in [-0.4, -0.2) is 59.7 Å². The molecule has 1 unspecified atom stereocenters. The molecular formula is C16H16FN3O5. The van der Waals surface area contributed by atoms with Gasteiger partial charge in [-0.15, -0.1) is 0 Å². The van der Waals surface area contributed by atoms with E-state index in [0.717, 1.165) is 15.9 Å². The van der Waals surface area contributed by atoms with Gasteiger partial charge in [-0.3, -0.25) is 29.0 Å². The van der Waals surface area contributed by atoms with E-state index in [1.165, 1.54) is 13.2 Å². The predicted molar refractivity (Wildman–Crippen MR) is 82.9 cm³/mol. The molecule has 2 heterocycles. The Morgan fingerprint density at radius 1 is 1.24 bits per heavy atom. The van der Waals surface area contributed by atoms with Gasteiger partial charge >= 0.3 is 0 Å². The molecule has 1 aromatic carbocycles. The highest BCUT2D eigenvalue weighted by Gasteiger charge is 2.47. The Bertz CT molecular complexity index is 794. The van der Waals surface area contributed by atoms with Crippen LogP contribution in [0.5, 0.6) is 0 Å². The Balaban J connectivity index is 1.93. The summed E-state index contributed by atoms with van der Waals surface area (Å²) in [5.41, 5.74) is 4.88. The minimum Gasteiger partial charge on any atom is -0.396 e. The Labute approximate surface area is 142 Å². The van der Waals surface area contributed by atoms with Crippen molar-refractivity contribution in [2.45, 2.75) is 18.9 Å². The van der Waals surface area contributed by atoms with Gasteiger partial charge in [-0.05, 0) is 18.6 Å². The van der Waals surface area contributed by atoms with E-state index in [0.29, 0.717) is 0 Å². The summed E-state index contributed by atoms with van der Waals surface area (Å²) in [6, 6.07) is 1.05. The van der Waals surface area contributed by atoms with E-state index in [2.05, 4.69) is 0 Å². The minimum absolute atomic E-state index is 0.0113. The van der Waals surface area contributed by atoms with Gasteiger partial charge in [0.05, 0.1) is 30.0 Å². The van der Waals surface area contributed by atoms with Crippen LogP contribution < -0.4 is 5.73 Å². The number of benzene rings is 1. The van der Waals surface area contributed by atoms with Crippen LogP contribution in [0, 0.1) is 5.82 Å². The maximum atomic E-state index is 13.6. The third-order valence-electron chi connectivity index (χ3n) is 4.39. The zero-order valence-corrected chi connectivity index (χ0v) is 13.5. The molecule has 1 aromatic rings. The summed E-state index contributed by atoms with van der Waals surface area (Å²) in [6.07, 6.45) is 0.0341. The molecule has 4 amide bonds. The third-order valence-corrected chi connectivity index (χ3v) is 4.39. The van der Waals surface area contributed by atoms with E-state index in [9.17, 15) is 23.6 Å². The molecule has 9 heteroatoms. The fourth-order valence-electron chi connectivity index (χ4n) is 3.11. The molecule has 3 rings (SSSR count). The summed E-state index contributed by atoms with van der Waals surface area (Å²) in [7, 11) is 1.43. The number of ether oxygens (including phenoxy) is 1. The molecular weight excluding hydrogens is 333 g/mol. The van der Waals surface area contributed by atoms with Crippen molar-refractivity contribution in [3.05, 3.63) is 29.1 Å². The van der Waals surface area contributed by atoms with Crippen LogP contribution in [0.25, 0.3) is 0 Å². The Hall–Kier alpha value is -2.81. The number of piperidine rings is 1. The fraction of sp³-hybridized carbons (Fsp3) is 0.375. The lowest BCUT2D eigenvalue weighted by molar-refractivity contribution is -0.152. The fourth-order valence-corrected chi connectivity index (χ4v) is 3.11. The number of methoxy groups -OCH3 is 1. The zero-order valence-electron chi connectivity index (χ0n) is 13.5. The second-order valence-electron chi connectivity index (χ2n) is 5.79. The number of hydrogen-bond donors (Lipinski definition) is 1. The summed E-state index contributed by atoms with van der Waals surface area (Å²) in [5.74, 6) is -3.39. The number of rotatable bonds is 4. The first kappa shape index (κ1) is 17.0. The van der Waals surface area contributed by atoms with Gasteiger partial charge < -0.3 is 10.5 Å². The monoisotopic (exact) mass is 349 g/mol. The first-order valence-electron chi connectivity index (χ1n) is 7.67. The number of halogens is 1. The molecule has 0 saturated carbocycles. The van der Waals surface area contributed by atoms with E-state index in [1.807, 2.05) is 0 Å². The lowest BCUT2D eigenvalue weighted by Gasteiger charge is -2.34. The van der Waals surface area contributed by atoms with Crippen molar-refractivity contribution in [1.82, 2.24) is 9.80 Å². The van der Waals surface area contributed by atoms with E-state index >= 15 is 0 Å². The van der Waals surface area contributed by atoms with Crippen molar-refractivity contribution in [3.8, 4) is 0 Å². The number of nitrogens with two attached hydrogens (primary N) is 1. The standard InChI is InChI=1S/C16H16FN3O5/c1-25-7-6-19-11(21)5-4-10(15(19)23)20-14(22)8-2-3-9(17)13(18)12(8)16(20)24/h2-3,10H,4-7,18H2,1H3. The molecule has 1 saturated heterocycles. The van der Waals surface area contributed by atoms with Crippen LogP contribution in [0.15, 0.2) is 12.1 Å². The minimum atomic E-state index is -1.12. The van der Waals surface area contributed by atoms with Gasteiger partial charge in [0.25, 0.3) is 17.7 Å². The zero-order chi connectivity index (χ0) is 18.3. The molecule has 0 aromatic heterocycles. The summed E-state index contributed by atoms with van der Waals surface area (Å²) in [5, 5.41) is 0. The van der Waals surface area contributed by atoms with Crippen LogP contribution in [0.2, 0.25) is 0 Å². The molecule has 0 aliphatic carbocycles. The second-order valence-corrected chi connectivity index (χ2v) is 5.79. The van der Waals surface area contributed by atoms with Gasteiger partial charge in [0.2, 0.25) is 5.91 Å². The normalized spacial score (nSPS) is 20.5. The lowest BCUT2D eigenvalue weighted by Crippen LogP contribution is -2.56. The van der Waals surface area contributed by atoms with Crippen molar-refractivity contribution < 1.29 is 28.3 Å². The van der Waals surface area contributed by atoms with Gasteiger partial charge in [0, 0.05) is 13.5 Å². The predicted octanol–water partition coefficient (Wildman–Crippen LogP) is 0.168. The number of nitrogens with zero attached hydrogens (tertiary/aromatic N) is 2. The average molecular weight is 349 g/mol. The number of hydrogen-bond acceptors (Lipinski definition) is 6. The Kier molecular flexibility index (Phi) is 4.25. The quantitative estimate of drug-likeness (QED) is 0.613. The van der Waals surface area contributed by atoms with Gasteiger partial charge in [-0.2, -0.15) is 0 Å². The molecule has 2 aliphatic rings. The highest BCUT2D eigenvalue weighted by molar-refractivity contribution is 6.25. The number of amides is 4. The molecule has 1 atom stereocenters. The average Bonchev–Trinajstić information content (AvgIpc) is 2.83. The maximum Gasteiger partial charge on any atom is 0.264 e. The summed E-state index contributed by atoms with van der Waals surface area (Å²) >= 11 is 0. The highest BCUT2D eigenvalue weighted by Crippen LogP contribution is 2.33. The molecule has 132 valence electrons. The van der Waals surface area contributed by atoms with Gasteiger partial charge in [0.15, 0.2) is 0 Å². The first-order chi connectivity index (χ1) is 11.9. The topological polar surface area (TPSA) is 110 Å². The Morgan fingerprint density at radius 2 is 1.96 bits per heavy atom. The third kappa shape index (κ3) is 2.56. The number of imide groups is 2. The number of likely N-dealkylation sites (tertiary alicyclic amines) is 1. The van der Waals surface area contributed by atoms with E-state index in [4.69, 9.17) is 10.5 Å². The SMILES string of the molecule is COCCN1C(=O)CCC(N2C(=O)c3ccc(F)c(N)c3C2=O)C1=O. The van der Waals surface area contributed by atoms with Crippen LogP contribution in [0.4, 0.5) is 10.1 Å². The maximum absolute atomic E-state index is 13.6. The highest BCUT2D eigenvalue weighted by atomic mass is 19.1. The lowest BCUT2D eigenvalue weighted by atomic mass is 10.0. The van der Waals surface area contributed by atoms with Crippen LogP contribution in [0.3, 0.4) is 0 Å². The number of nitrogen functional groups attached to an aromatic ring is 1. The van der Waals surface area contributed by atoms with Gasteiger partial charge in [0.1, 0.15) is 11.9 Å². The summed E-state index contributed by atoms with van der Waals surface area (Å²) < 4.78 is 18.5. The summed E-state index contributed by atoms with van der Waals surface area (Å²) in [4.78, 5) is 51.5. The van der Waals surface area contributed by atoms with E-state index in [-0.39, 0.29) is 43.0 Å². The van der Waals surface area contributed by atoms with Crippen LogP contribution in [-0.2, 0) is 14.3 Å². The summed E-state index contributed by atoms with van der Waals surface area (Å²) in [6.45, 7) is 0.176. The van der Waals surface area contributed by atoms with E-state index in [1.54, 1.807) is 0 Å². The molecule has 8 nitrogen and oxygen atoms in total. The van der Waals surface area contributed by atoms with Crippen molar-refractivity contribution in [2.75, 3.05) is 26.0 Å². The number of carbonyl (C=O) groups excluding carboxylic acids is 4. The number of carbonyl (C=O) groups is 4. The van der Waals surface area contributed by atoms with Crippen molar-refractivity contribution in [1.29, 1.82) is 0 Å². The van der Waals surface area contributed by atoms with Crippen LogP contribution in [0.1, 0.15) is 33.6 Å². The second kappa shape index (κ2) is 6.25. The molecule has 2 N–H and O–H groups in total. The molecule has 0 spiro atoms. The molecule has 1 fully saturated rings. The molecule has 2 aliphatic heterocycles. The van der Waals surface area contributed by atoms with Crippen molar-refractivity contribution in [3.63, 3.8) is 0 Å². The van der Waals surface area contributed by atoms with Gasteiger partial charge in [-0.1, -0.05) is 0 Å². The van der Waals surface area contributed by atoms with Crippen molar-refractivity contribution in [2.24, 2.45) is 0 Å². The smallest absolute Gasteiger partial charge is 0.264 e. The molecule has 0 bridgehead atoms. The number of fused-ring (bicyclic) bond motifs is 1. The largest absolute Gasteiger partial charge is 0.396 e.